The lowest BCUT2D eigenvalue weighted by atomic mass is 9.95. The van der Waals surface area contributed by atoms with Crippen molar-refractivity contribution in [1.82, 2.24) is 15.3 Å². The van der Waals surface area contributed by atoms with Gasteiger partial charge in [-0.05, 0) is 31.0 Å². The molecular weight excluding hydrogens is 340 g/mol. The molecule has 2 aromatic rings. The Balaban J connectivity index is 1.68. The van der Waals surface area contributed by atoms with Crippen LogP contribution in [-0.2, 0) is 0 Å². The summed E-state index contributed by atoms with van der Waals surface area (Å²) in [6.45, 7) is 0. The molecule has 1 aliphatic carbocycles. The Morgan fingerprint density at radius 1 is 1.20 bits per heavy atom. The van der Waals surface area contributed by atoms with Gasteiger partial charge in [0.1, 0.15) is 23.6 Å². The smallest absolute Gasteiger partial charge is 0.270 e. The fourth-order valence-electron chi connectivity index (χ4n) is 2.95. The molecule has 0 atom stereocenters. The van der Waals surface area contributed by atoms with Crippen molar-refractivity contribution in [3.8, 4) is 5.75 Å². The maximum Gasteiger partial charge on any atom is 0.270 e. The lowest BCUT2D eigenvalue weighted by Crippen LogP contribution is -2.36. The third-order valence-corrected chi connectivity index (χ3v) is 4.56. The lowest BCUT2D eigenvalue weighted by molar-refractivity contribution is 0.0922. The highest BCUT2D eigenvalue weighted by Crippen LogP contribution is 2.28. The molecule has 1 aromatic heterocycles. The van der Waals surface area contributed by atoms with Crippen LogP contribution in [0, 0.1) is 0 Å². The molecule has 2 N–H and O–H groups in total. The molecule has 0 radical (unpaired) electrons. The molecule has 132 valence electrons. The van der Waals surface area contributed by atoms with Gasteiger partial charge < -0.3 is 15.4 Å². The zero-order valence-corrected chi connectivity index (χ0v) is 14.8. The molecule has 0 saturated heterocycles. The van der Waals surface area contributed by atoms with Crippen molar-refractivity contribution in [1.29, 1.82) is 0 Å². The molecule has 25 heavy (non-hydrogen) atoms. The Morgan fingerprint density at radius 3 is 2.72 bits per heavy atom. The number of ether oxygens (including phenoxy) is 1. The lowest BCUT2D eigenvalue weighted by Gasteiger charge is -2.22. The van der Waals surface area contributed by atoms with Crippen molar-refractivity contribution < 1.29 is 9.53 Å². The van der Waals surface area contributed by atoms with Crippen molar-refractivity contribution in [3.63, 3.8) is 0 Å². The summed E-state index contributed by atoms with van der Waals surface area (Å²) in [4.78, 5) is 20.6. The maximum absolute atomic E-state index is 12.4. The number of halogens is 1. The van der Waals surface area contributed by atoms with Gasteiger partial charge in [0, 0.05) is 17.8 Å². The summed E-state index contributed by atoms with van der Waals surface area (Å²) in [5.74, 6) is 0.970. The van der Waals surface area contributed by atoms with Gasteiger partial charge in [-0.25, -0.2) is 9.97 Å². The van der Waals surface area contributed by atoms with E-state index in [2.05, 4.69) is 20.6 Å². The van der Waals surface area contributed by atoms with E-state index in [-0.39, 0.29) is 11.9 Å². The Morgan fingerprint density at radius 2 is 2.00 bits per heavy atom. The number of rotatable bonds is 5. The molecule has 0 bridgehead atoms. The van der Waals surface area contributed by atoms with Crippen molar-refractivity contribution in [3.05, 3.63) is 41.3 Å². The minimum absolute atomic E-state index is 0.162. The van der Waals surface area contributed by atoms with Crippen LogP contribution in [0.1, 0.15) is 42.6 Å². The molecule has 0 spiro atoms. The van der Waals surface area contributed by atoms with Crippen LogP contribution in [0.4, 0.5) is 11.5 Å². The van der Waals surface area contributed by atoms with Crippen LogP contribution in [-0.4, -0.2) is 29.0 Å². The van der Waals surface area contributed by atoms with Gasteiger partial charge in [0.25, 0.3) is 5.91 Å². The molecular formula is C18H21ClN4O2. The molecule has 1 heterocycles. The van der Waals surface area contributed by atoms with Crippen LogP contribution in [0.25, 0.3) is 0 Å². The average Bonchev–Trinajstić information content (AvgIpc) is 2.63. The molecule has 1 aromatic carbocycles. The van der Waals surface area contributed by atoms with Gasteiger partial charge in [-0.1, -0.05) is 30.9 Å². The zero-order chi connectivity index (χ0) is 17.6. The van der Waals surface area contributed by atoms with E-state index >= 15 is 0 Å². The second-order valence-corrected chi connectivity index (χ2v) is 6.48. The normalized spacial score (nSPS) is 14.8. The summed E-state index contributed by atoms with van der Waals surface area (Å²) in [7, 11) is 1.57. The Kier molecular flexibility index (Phi) is 5.71. The first-order valence-corrected chi connectivity index (χ1v) is 8.77. The largest absolute Gasteiger partial charge is 0.495 e. The minimum Gasteiger partial charge on any atom is -0.495 e. The number of methoxy groups -OCH3 is 1. The summed E-state index contributed by atoms with van der Waals surface area (Å²) in [5, 5.41) is 6.68. The molecule has 1 amide bonds. The van der Waals surface area contributed by atoms with E-state index in [1.807, 2.05) is 6.07 Å². The summed E-state index contributed by atoms with van der Waals surface area (Å²) in [6.07, 6.45) is 7.03. The molecule has 1 aliphatic rings. The van der Waals surface area contributed by atoms with Crippen molar-refractivity contribution in [2.45, 2.75) is 38.1 Å². The number of aromatic nitrogens is 2. The number of hydrogen-bond acceptors (Lipinski definition) is 5. The third-order valence-electron chi connectivity index (χ3n) is 4.26. The van der Waals surface area contributed by atoms with Crippen LogP contribution < -0.4 is 15.4 Å². The topological polar surface area (TPSA) is 76.1 Å². The fourth-order valence-corrected chi connectivity index (χ4v) is 3.21. The highest BCUT2D eigenvalue weighted by molar-refractivity contribution is 6.32. The summed E-state index contributed by atoms with van der Waals surface area (Å²) < 4.78 is 5.13. The summed E-state index contributed by atoms with van der Waals surface area (Å²) >= 11 is 6.12. The SMILES string of the molecule is COc1ccc(Nc2cc(C(=O)NC3CCCCC3)ncn2)cc1Cl. The predicted molar refractivity (Wildman–Crippen MR) is 97.7 cm³/mol. The van der Waals surface area contributed by atoms with Crippen LogP contribution in [0.5, 0.6) is 5.75 Å². The molecule has 1 fully saturated rings. The van der Waals surface area contributed by atoms with E-state index < -0.39 is 0 Å². The second-order valence-electron chi connectivity index (χ2n) is 6.07. The second kappa shape index (κ2) is 8.16. The molecule has 6 nitrogen and oxygen atoms in total. The van der Waals surface area contributed by atoms with Crippen LogP contribution >= 0.6 is 11.6 Å². The average molecular weight is 361 g/mol. The predicted octanol–water partition coefficient (Wildman–Crippen LogP) is 3.94. The van der Waals surface area contributed by atoms with Crippen molar-refractivity contribution in [2.75, 3.05) is 12.4 Å². The minimum atomic E-state index is -0.162. The number of nitrogens with one attached hydrogen (secondary N) is 2. The van der Waals surface area contributed by atoms with Gasteiger partial charge in [0.05, 0.1) is 12.1 Å². The van der Waals surface area contributed by atoms with Gasteiger partial charge in [0.15, 0.2) is 0 Å². The molecule has 3 rings (SSSR count). The van der Waals surface area contributed by atoms with Gasteiger partial charge in [0.2, 0.25) is 0 Å². The summed E-state index contributed by atoms with van der Waals surface area (Å²) in [5.41, 5.74) is 1.10. The number of nitrogens with zero attached hydrogens (tertiary/aromatic N) is 2. The monoisotopic (exact) mass is 360 g/mol. The number of carbonyl (C=O) groups is 1. The van der Waals surface area contributed by atoms with Gasteiger partial charge in [-0.15, -0.1) is 0 Å². The molecule has 0 aliphatic heterocycles. The number of amides is 1. The zero-order valence-electron chi connectivity index (χ0n) is 14.1. The molecule has 7 heteroatoms. The van der Waals surface area contributed by atoms with Crippen LogP contribution in [0.2, 0.25) is 5.02 Å². The van der Waals surface area contributed by atoms with E-state index in [9.17, 15) is 4.79 Å². The van der Waals surface area contributed by atoms with Crippen LogP contribution in [0.15, 0.2) is 30.6 Å². The number of benzene rings is 1. The van der Waals surface area contributed by atoms with E-state index in [0.717, 1.165) is 18.5 Å². The Bertz CT molecular complexity index is 748. The van der Waals surface area contributed by atoms with Gasteiger partial charge in [-0.3, -0.25) is 4.79 Å². The van der Waals surface area contributed by atoms with Gasteiger partial charge >= 0.3 is 0 Å². The number of anilines is 2. The fraction of sp³-hybridized carbons (Fsp3) is 0.389. The highest BCUT2D eigenvalue weighted by Gasteiger charge is 2.17. The highest BCUT2D eigenvalue weighted by atomic mass is 35.5. The third kappa shape index (κ3) is 4.60. The number of carbonyl (C=O) groups excluding carboxylic acids is 1. The van der Waals surface area contributed by atoms with E-state index in [1.165, 1.54) is 25.6 Å². The quantitative estimate of drug-likeness (QED) is 0.844. The number of hydrogen-bond donors (Lipinski definition) is 2. The Hall–Kier alpha value is -2.34. The first-order valence-electron chi connectivity index (χ1n) is 8.39. The first kappa shape index (κ1) is 17.5. The summed E-state index contributed by atoms with van der Waals surface area (Å²) in [6, 6.07) is 7.21. The Labute approximate surface area is 152 Å². The first-order chi connectivity index (χ1) is 12.2. The standard InChI is InChI=1S/C18H21ClN4O2/c1-25-16-8-7-13(9-14(16)19)22-17-10-15(20-11-21-17)18(24)23-12-5-3-2-4-6-12/h7-12H,2-6H2,1H3,(H,23,24)(H,20,21,22). The van der Waals surface area contributed by atoms with Crippen LogP contribution in [0.3, 0.4) is 0 Å². The van der Waals surface area contributed by atoms with E-state index in [0.29, 0.717) is 22.3 Å². The van der Waals surface area contributed by atoms with Crippen molar-refractivity contribution >= 4 is 29.0 Å². The molecule has 0 unspecified atom stereocenters. The van der Waals surface area contributed by atoms with Crippen molar-refractivity contribution in [2.24, 2.45) is 0 Å². The van der Waals surface area contributed by atoms with E-state index in [1.54, 1.807) is 25.3 Å². The molecule has 1 saturated carbocycles. The maximum atomic E-state index is 12.4. The van der Waals surface area contributed by atoms with E-state index in [4.69, 9.17) is 16.3 Å². The van der Waals surface area contributed by atoms with Gasteiger partial charge in [-0.2, -0.15) is 0 Å².